The predicted octanol–water partition coefficient (Wildman–Crippen LogP) is 3.30. The highest BCUT2D eigenvalue weighted by molar-refractivity contribution is 6.31. The minimum Gasteiger partial charge on any atom is -0.350 e. The van der Waals surface area contributed by atoms with Crippen molar-refractivity contribution in [3.63, 3.8) is 0 Å². The number of hydrogen-bond acceptors (Lipinski definition) is 3. The molecule has 0 aliphatic rings. The molecule has 19 heavy (non-hydrogen) atoms. The number of benzene rings is 1. The van der Waals surface area contributed by atoms with Crippen LogP contribution in [0.3, 0.4) is 0 Å². The molecule has 7 heteroatoms. The first-order chi connectivity index (χ1) is 9.06. The largest absolute Gasteiger partial charge is 0.350 e. The molecule has 0 fully saturated rings. The number of carbonyl (C=O) groups is 1. The topological polar surface area (TPSA) is 71.2 Å². The van der Waals surface area contributed by atoms with E-state index in [1.165, 1.54) is 0 Å². The Kier molecular flexibility index (Phi) is 4.09. The molecule has 0 unspecified atom stereocenters. The maximum absolute atomic E-state index is 11.5. The Morgan fingerprint density at radius 3 is 2.58 bits per heavy atom. The molecule has 2 rings (SSSR count). The quantitative estimate of drug-likeness (QED) is 0.674. The zero-order valence-electron chi connectivity index (χ0n) is 9.68. The Labute approximate surface area is 119 Å². The Morgan fingerprint density at radius 1 is 1.21 bits per heavy atom. The first-order valence-corrected chi connectivity index (χ1v) is 6.06. The second-order valence-electron chi connectivity index (χ2n) is 3.61. The second-order valence-corrected chi connectivity index (χ2v) is 4.43. The van der Waals surface area contributed by atoms with Gasteiger partial charge in [0.2, 0.25) is 0 Å². The van der Waals surface area contributed by atoms with E-state index in [-0.39, 0.29) is 0 Å². The van der Waals surface area contributed by atoms with E-state index < -0.39 is 6.03 Å². The summed E-state index contributed by atoms with van der Waals surface area (Å²) in [5.74, 6) is 0.395. The average molecular weight is 297 g/mol. The summed E-state index contributed by atoms with van der Waals surface area (Å²) < 4.78 is 0. The molecule has 1 aromatic heterocycles. The normalized spacial score (nSPS) is 10.0. The Bertz CT molecular complexity index is 606. The average Bonchev–Trinajstić information content (AvgIpc) is 2.35. The van der Waals surface area contributed by atoms with Crippen molar-refractivity contribution in [1.82, 2.24) is 4.98 Å². The molecule has 0 aliphatic carbocycles. The molecule has 2 aromatic rings. The highest BCUT2D eigenvalue weighted by Gasteiger charge is 2.13. The van der Waals surface area contributed by atoms with Crippen LogP contribution in [0.2, 0.25) is 10.2 Å². The number of nitrogens with zero attached hydrogens (tertiary/aromatic N) is 2. The molecule has 98 valence electrons. The number of aromatic nitrogens is 1. The van der Waals surface area contributed by atoms with Crippen molar-refractivity contribution < 1.29 is 4.79 Å². The lowest BCUT2D eigenvalue weighted by molar-refractivity contribution is 0.255. The smallest absolute Gasteiger partial charge is 0.338 e. The SMILES string of the molecule is NC(=O)N(Nc1cccc(Cl)n1)c1cccc(Cl)c1. The first kappa shape index (κ1) is 13.5. The van der Waals surface area contributed by atoms with Gasteiger partial charge in [-0.2, -0.15) is 0 Å². The van der Waals surface area contributed by atoms with Gasteiger partial charge in [0, 0.05) is 5.02 Å². The van der Waals surface area contributed by atoms with Crippen molar-refractivity contribution in [3.05, 3.63) is 52.6 Å². The van der Waals surface area contributed by atoms with E-state index in [0.717, 1.165) is 5.01 Å². The van der Waals surface area contributed by atoms with Crippen LogP contribution in [0, 0.1) is 0 Å². The number of nitrogens with one attached hydrogen (secondary N) is 1. The van der Waals surface area contributed by atoms with Gasteiger partial charge in [-0.1, -0.05) is 35.3 Å². The summed E-state index contributed by atoms with van der Waals surface area (Å²) >= 11 is 11.7. The standard InChI is InChI=1S/C12H10Cl2N4O/c13-8-3-1-4-9(7-8)18(12(15)19)17-11-6-2-5-10(14)16-11/h1-7H,(H2,15,19)(H,16,17). The van der Waals surface area contributed by atoms with Crippen LogP contribution >= 0.6 is 23.2 Å². The van der Waals surface area contributed by atoms with E-state index in [1.807, 2.05) is 0 Å². The number of hydrazine groups is 1. The number of urea groups is 1. The maximum atomic E-state index is 11.5. The van der Waals surface area contributed by atoms with E-state index in [4.69, 9.17) is 28.9 Å². The second kappa shape index (κ2) is 5.77. The van der Waals surface area contributed by atoms with Gasteiger partial charge in [0.1, 0.15) is 11.0 Å². The van der Waals surface area contributed by atoms with Gasteiger partial charge >= 0.3 is 6.03 Å². The van der Waals surface area contributed by atoms with Gasteiger partial charge in [-0.05, 0) is 30.3 Å². The number of rotatable bonds is 3. The maximum Gasteiger partial charge on any atom is 0.338 e. The zero-order chi connectivity index (χ0) is 13.8. The fraction of sp³-hybridized carbons (Fsp3) is 0. The highest BCUT2D eigenvalue weighted by atomic mass is 35.5. The van der Waals surface area contributed by atoms with E-state index >= 15 is 0 Å². The van der Waals surface area contributed by atoms with Crippen molar-refractivity contribution in [1.29, 1.82) is 0 Å². The van der Waals surface area contributed by atoms with E-state index in [0.29, 0.717) is 21.7 Å². The van der Waals surface area contributed by atoms with Crippen LogP contribution in [0.4, 0.5) is 16.3 Å². The molecule has 1 aromatic carbocycles. The van der Waals surface area contributed by atoms with Gasteiger partial charge in [-0.15, -0.1) is 0 Å². The van der Waals surface area contributed by atoms with Crippen LogP contribution in [-0.2, 0) is 0 Å². The van der Waals surface area contributed by atoms with Crippen molar-refractivity contribution in [2.24, 2.45) is 5.73 Å². The molecule has 1 heterocycles. The lowest BCUT2D eigenvalue weighted by atomic mass is 10.3. The fourth-order valence-electron chi connectivity index (χ4n) is 1.45. The van der Waals surface area contributed by atoms with Crippen molar-refractivity contribution in [2.75, 3.05) is 10.4 Å². The molecule has 0 aliphatic heterocycles. The number of carbonyl (C=O) groups excluding carboxylic acids is 1. The van der Waals surface area contributed by atoms with Crippen LogP contribution in [-0.4, -0.2) is 11.0 Å². The molecular weight excluding hydrogens is 287 g/mol. The molecule has 0 spiro atoms. The summed E-state index contributed by atoms with van der Waals surface area (Å²) in [7, 11) is 0. The van der Waals surface area contributed by atoms with Crippen LogP contribution in [0.1, 0.15) is 0 Å². The number of hydrogen-bond donors (Lipinski definition) is 2. The van der Waals surface area contributed by atoms with Gasteiger partial charge in [-0.25, -0.2) is 14.8 Å². The van der Waals surface area contributed by atoms with E-state index in [9.17, 15) is 4.79 Å². The van der Waals surface area contributed by atoms with Crippen molar-refractivity contribution in [2.45, 2.75) is 0 Å². The number of primary amides is 1. The number of amides is 2. The van der Waals surface area contributed by atoms with Crippen LogP contribution in [0.25, 0.3) is 0 Å². The molecule has 3 N–H and O–H groups in total. The zero-order valence-corrected chi connectivity index (χ0v) is 11.2. The fourth-order valence-corrected chi connectivity index (χ4v) is 1.80. The predicted molar refractivity (Wildman–Crippen MR) is 76.4 cm³/mol. The number of anilines is 2. The number of nitrogens with two attached hydrogens (primary N) is 1. The molecule has 0 bridgehead atoms. The third kappa shape index (κ3) is 3.49. The van der Waals surface area contributed by atoms with E-state index in [2.05, 4.69) is 10.4 Å². The molecule has 0 saturated heterocycles. The first-order valence-electron chi connectivity index (χ1n) is 5.30. The monoisotopic (exact) mass is 296 g/mol. The Morgan fingerprint density at radius 2 is 1.95 bits per heavy atom. The third-order valence-corrected chi connectivity index (χ3v) is 2.67. The summed E-state index contributed by atoms with van der Waals surface area (Å²) in [6, 6.07) is 11.0. The van der Waals surface area contributed by atoms with Gasteiger partial charge in [0.25, 0.3) is 0 Å². The summed E-state index contributed by atoms with van der Waals surface area (Å²) in [5.41, 5.74) is 8.59. The number of pyridine rings is 1. The van der Waals surface area contributed by atoms with Gasteiger partial charge in [0.05, 0.1) is 5.69 Å². The van der Waals surface area contributed by atoms with Gasteiger partial charge in [-0.3, -0.25) is 5.43 Å². The van der Waals surface area contributed by atoms with Gasteiger partial charge in [0.15, 0.2) is 0 Å². The minimum atomic E-state index is -0.691. The number of halogens is 2. The molecule has 0 saturated carbocycles. The molecule has 5 nitrogen and oxygen atoms in total. The minimum absolute atomic E-state index is 0.306. The Balaban J connectivity index is 2.29. The molecule has 2 amide bonds. The third-order valence-electron chi connectivity index (χ3n) is 2.23. The Hall–Kier alpha value is -1.98. The van der Waals surface area contributed by atoms with Crippen LogP contribution in [0.15, 0.2) is 42.5 Å². The van der Waals surface area contributed by atoms with Crippen molar-refractivity contribution >= 4 is 40.7 Å². The molecule has 0 radical (unpaired) electrons. The molecular formula is C12H10Cl2N4O. The van der Waals surface area contributed by atoms with Crippen LogP contribution in [0.5, 0.6) is 0 Å². The highest BCUT2D eigenvalue weighted by Crippen LogP contribution is 2.20. The van der Waals surface area contributed by atoms with Crippen LogP contribution < -0.4 is 16.2 Å². The van der Waals surface area contributed by atoms with Crippen molar-refractivity contribution in [3.8, 4) is 0 Å². The lowest BCUT2D eigenvalue weighted by Gasteiger charge is -2.21. The van der Waals surface area contributed by atoms with Gasteiger partial charge < -0.3 is 5.73 Å². The lowest BCUT2D eigenvalue weighted by Crippen LogP contribution is -2.40. The molecule has 0 atom stereocenters. The summed E-state index contributed by atoms with van der Waals surface area (Å²) in [4.78, 5) is 15.5. The summed E-state index contributed by atoms with van der Waals surface area (Å²) in [6.45, 7) is 0. The summed E-state index contributed by atoms with van der Waals surface area (Å²) in [5, 5.41) is 1.93. The van der Waals surface area contributed by atoms with E-state index in [1.54, 1.807) is 42.5 Å². The summed E-state index contributed by atoms with van der Waals surface area (Å²) in [6.07, 6.45) is 0.